The Balaban J connectivity index is 1.91. The molecule has 17 heavy (non-hydrogen) atoms. The molecule has 92 valence electrons. The lowest BCUT2D eigenvalue weighted by atomic mass is 10.2. The van der Waals surface area contributed by atoms with Gasteiger partial charge in [0.1, 0.15) is 11.5 Å². The molecule has 0 spiro atoms. The zero-order chi connectivity index (χ0) is 12.3. The number of hydrogen-bond donors (Lipinski definition) is 0. The molecule has 3 nitrogen and oxygen atoms in total. The van der Waals surface area contributed by atoms with Crippen molar-refractivity contribution in [1.29, 1.82) is 0 Å². The van der Waals surface area contributed by atoms with Crippen LogP contribution in [-0.2, 0) is 14.3 Å². The van der Waals surface area contributed by atoms with Crippen molar-refractivity contribution in [2.75, 3.05) is 0 Å². The molecule has 1 aliphatic heterocycles. The number of carbonyl (C=O) groups excluding carboxylic acids is 1. The van der Waals surface area contributed by atoms with Gasteiger partial charge in [0.2, 0.25) is 0 Å². The molecule has 3 atom stereocenters. The Kier molecular flexibility index (Phi) is 4.07. The Morgan fingerprint density at radius 1 is 1.41 bits per heavy atom. The molecule has 0 radical (unpaired) electrons. The number of rotatable bonds is 3. The first-order chi connectivity index (χ1) is 8.15. The molecule has 0 amide bonds. The van der Waals surface area contributed by atoms with Gasteiger partial charge < -0.3 is 9.47 Å². The van der Waals surface area contributed by atoms with Crippen molar-refractivity contribution in [3.05, 3.63) is 30.3 Å². The zero-order valence-electron chi connectivity index (χ0n) is 9.96. The van der Waals surface area contributed by atoms with E-state index in [0.717, 1.165) is 6.42 Å². The van der Waals surface area contributed by atoms with Crippen LogP contribution in [0.5, 0.6) is 0 Å². The summed E-state index contributed by atoms with van der Waals surface area (Å²) in [5.74, 6) is -0.240. The number of benzene rings is 1. The van der Waals surface area contributed by atoms with E-state index in [9.17, 15) is 4.79 Å². The number of esters is 1. The van der Waals surface area contributed by atoms with Crippen molar-refractivity contribution in [3.63, 3.8) is 0 Å². The van der Waals surface area contributed by atoms with Gasteiger partial charge in [-0.2, -0.15) is 0 Å². The normalized spacial score (nSPS) is 28.0. The molecule has 1 aromatic rings. The SMILES string of the molecule is CC(=O)O[C@H]1C[C@H](Sc2ccccc2)O[C@@H]1C. The highest BCUT2D eigenvalue weighted by Gasteiger charge is 2.34. The molecule has 2 rings (SSSR count). The molecule has 0 unspecified atom stereocenters. The van der Waals surface area contributed by atoms with Gasteiger partial charge in [0, 0.05) is 18.2 Å². The van der Waals surface area contributed by atoms with E-state index in [-0.39, 0.29) is 23.6 Å². The summed E-state index contributed by atoms with van der Waals surface area (Å²) in [6.07, 6.45) is 0.606. The highest BCUT2D eigenvalue weighted by Crippen LogP contribution is 2.34. The molecular weight excluding hydrogens is 236 g/mol. The monoisotopic (exact) mass is 252 g/mol. The Labute approximate surface area is 105 Å². The van der Waals surface area contributed by atoms with Crippen molar-refractivity contribution in [3.8, 4) is 0 Å². The third kappa shape index (κ3) is 3.48. The van der Waals surface area contributed by atoms with E-state index in [1.54, 1.807) is 11.8 Å². The minimum atomic E-state index is -0.240. The minimum Gasteiger partial charge on any atom is -0.460 e. The Morgan fingerprint density at radius 2 is 2.12 bits per heavy atom. The molecule has 1 heterocycles. The second-order valence-electron chi connectivity index (χ2n) is 4.09. The average Bonchev–Trinajstić information content (AvgIpc) is 2.59. The van der Waals surface area contributed by atoms with Crippen LogP contribution in [0.25, 0.3) is 0 Å². The summed E-state index contributed by atoms with van der Waals surface area (Å²) in [6, 6.07) is 10.1. The van der Waals surface area contributed by atoms with Crippen molar-refractivity contribution in [1.82, 2.24) is 0 Å². The lowest BCUT2D eigenvalue weighted by Crippen LogP contribution is -2.23. The molecule has 0 bridgehead atoms. The van der Waals surface area contributed by atoms with Gasteiger partial charge in [-0.05, 0) is 19.1 Å². The maximum atomic E-state index is 10.9. The summed E-state index contributed by atoms with van der Waals surface area (Å²) >= 11 is 1.67. The fourth-order valence-electron chi connectivity index (χ4n) is 1.85. The van der Waals surface area contributed by atoms with Crippen LogP contribution < -0.4 is 0 Å². The van der Waals surface area contributed by atoms with Crippen LogP contribution >= 0.6 is 11.8 Å². The number of carbonyl (C=O) groups is 1. The van der Waals surface area contributed by atoms with Crippen molar-refractivity contribution in [2.45, 2.75) is 42.8 Å². The molecule has 0 saturated carbocycles. The van der Waals surface area contributed by atoms with Gasteiger partial charge in [-0.25, -0.2) is 0 Å². The van der Waals surface area contributed by atoms with Crippen molar-refractivity contribution >= 4 is 17.7 Å². The number of hydrogen-bond acceptors (Lipinski definition) is 4. The highest BCUT2D eigenvalue weighted by atomic mass is 32.2. The van der Waals surface area contributed by atoms with E-state index in [2.05, 4.69) is 12.1 Å². The fraction of sp³-hybridized carbons (Fsp3) is 0.462. The first-order valence-corrected chi connectivity index (χ1v) is 6.57. The largest absolute Gasteiger partial charge is 0.460 e. The molecule has 4 heteroatoms. The van der Waals surface area contributed by atoms with E-state index in [0.29, 0.717) is 0 Å². The van der Waals surface area contributed by atoms with Crippen LogP contribution in [0.1, 0.15) is 20.3 Å². The predicted molar refractivity (Wildman–Crippen MR) is 66.8 cm³/mol. The van der Waals surface area contributed by atoms with Crippen LogP contribution in [0.3, 0.4) is 0 Å². The summed E-state index contributed by atoms with van der Waals surface area (Å²) < 4.78 is 11.0. The second kappa shape index (κ2) is 5.56. The van der Waals surface area contributed by atoms with E-state index in [1.165, 1.54) is 11.8 Å². The van der Waals surface area contributed by atoms with Crippen LogP contribution in [0.2, 0.25) is 0 Å². The molecule has 1 aliphatic rings. The quantitative estimate of drug-likeness (QED) is 0.775. The smallest absolute Gasteiger partial charge is 0.302 e. The lowest BCUT2D eigenvalue weighted by Gasteiger charge is -2.12. The molecule has 0 aliphatic carbocycles. The topological polar surface area (TPSA) is 35.5 Å². The standard InChI is InChI=1S/C13H16O3S/c1-9-12(16-10(2)14)8-13(15-9)17-11-6-4-3-5-7-11/h3-7,9,12-13H,8H2,1-2H3/t9-,12+,13+/m1/s1. The Hall–Kier alpha value is -1.00. The maximum absolute atomic E-state index is 10.9. The Bertz CT molecular complexity index is 380. The van der Waals surface area contributed by atoms with E-state index >= 15 is 0 Å². The number of thioether (sulfide) groups is 1. The molecule has 1 fully saturated rings. The van der Waals surface area contributed by atoms with Gasteiger partial charge in [-0.15, -0.1) is 0 Å². The van der Waals surface area contributed by atoms with Gasteiger partial charge >= 0.3 is 5.97 Å². The van der Waals surface area contributed by atoms with Crippen LogP contribution in [-0.4, -0.2) is 23.6 Å². The van der Waals surface area contributed by atoms with Crippen LogP contribution in [0, 0.1) is 0 Å². The van der Waals surface area contributed by atoms with Gasteiger partial charge in [0.15, 0.2) is 0 Å². The highest BCUT2D eigenvalue weighted by molar-refractivity contribution is 7.99. The second-order valence-corrected chi connectivity index (χ2v) is 5.32. The van der Waals surface area contributed by atoms with Crippen molar-refractivity contribution < 1.29 is 14.3 Å². The summed E-state index contributed by atoms with van der Waals surface area (Å²) in [4.78, 5) is 12.1. The van der Waals surface area contributed by atoms with E-state index in [1.807, 2.05) is 25.1 Å². The molecule has 1 aromatic carbocycles. The summed E-state index contributed by atoms with van der Waals surface area (Å²) in [5, 5.41) is 0. The van der Waals surface area contributed by atoms with Crippen molar-refractivity contribution in [2.24, 2.45) is 0 Å². The molecule has 1 saturated heterocycles. The van der Waals surface area contributed by atoms with Crippen LogP contribution in [0.15, 0.2) is 35.2 Å². The fourth-order valence-corrected chi connectivity index (χ4v) is 2.98. The Morgan fingerprint density at radius 3 is 2.76 bits per heavy atom. The van der Waals surface area contributed by atoms with Gasteiger partial charge in [0.05, 0.1) is 6.10 Å². The summed E-state index contributed by atoms with van der Waals surface area (Å²) in [7, 11) is 0. The first-order valence-electron chi connectivity index (χ1n) is 5.69. The molecule has 0 N–H and O–H groups in total. The zero-order valence-corrected chi connectivity index (χ0v) is 10.8. The third-order valence-corrected chi connectivity index (χ3v) is 3.75. The summed E-state index contributed by atoms with van der Waals surface area (Å²) in [6.45, 7) is 3.38. The predicted octanol–water partition coefficient (Wildman–Crippen LogP) is 2.85. The van der Waals surface area contributed by atoms with Gasteiger partial charge in [-0.3, -0.25) is 4.79 Å². The maximum Gasteiger partial charge on any atom is 0.302 e. The lowest BCUT2D eigenvalue weighted by molar-refractivity contribution is -0.148. The van der Waals surface area contributed by atoms with Gasteiger partial charge in [-0.1, -0.05) is 30.0 Å². The number of ether oxygens (including phenoxy) is 2. The van der Waals surface area contributed by atoms with E-state index < -0.39 is 0 Å². The molecular formula is C13H16O3S. The summed E-state index contributed by atoms with van der Waals surface area (Å²) in [5.41, 5.74) is 0.0664. The minimum absolute atomic E-state index is 0.0277. The molecule has 0 aromatic heterocycles. The first kappa shape index (κ1) is 12.5. The average molecular weight is 252 g/mol. The van der Waals surface area contributed by atoms with E-state index in [4.69, 9.17) is 9.47 Å². The van der Waals surface area contributed by atoms with Gasteiger partial charge in [0.25, 0.3) is 0 Å². The van der Waals surface area contributed by atoms with Crippen LogP contribution in [0.4, 0.5) is 0 Å². The third-order valence-electron chi connectivity index (χ3n) is 2.64.